The molecule has 1 aromatic heterocycles. The zero-order chi connectivity index (χ0) is 10.1. The number of ether oxygens (including phenoxy) is 1. The highest BCUT2D eigenvalue weighted by Gasteiger charge is 2.20. The molecule has 14 heavy (non-hydrogen) atoms. The average Bonchev–Trinajstić information content (AvgIpc) is 2.47. The zero-order valence-electron chi connectivity index (χ0n) is 8.59. The van der Waals surface area contributed by atoms with Crippen LogP contribution in [0.2, 0.25) is 0 Å². The number of rotatable bonds is 1. The van der Waals surface area contributed by atoms with Gasteiger partial charge in [0.25, 0.3) is 0 Å². The van der Waals surface area contributed by atoms with Gasteiger partial charge in [0, 0.05) is 13.2 Å². The largest absolute Gasteiger partial charge is 0.381 e. The van der Waals surface area contributed by atoms with E-state index < -0.39 is 0 Å². The van der Waals surface area contributed by atoms with Crippen LogP contribution in [0.1, 0.15) is 30.3 Å². The summed E-state index contributed by atoms with van der Waals surface area (Å²) in [5.74, 6) is 0. The van der Waals surface area contributed by atoms with Gasteiger partial charge in [0.15, 0.2) is 0 Å². The molecular formula is C10H15BrN2O. The van der Waals surface area contributed by atoms with Crippen molar-refractivity contribution in [2.45, 2.75) is 32.7 Å². The molecular weight excluding hydrogens is 244 g/mol. The van der Waals surface area contributed by atoms with Crippen molar-refractivity contribution in [2.75, 3.05) is 13.2 Å². The topological polar surface area (TPSA) is 27.1 Å². The molecule has 4 heteroatoms. The fraction of sp³-hybridized carbons (Fsp3) is 0.700. The van der Waals surface area contributed by atoms with Crippen LogP contribution in [0.3, 0.4) is 0 Å². The van der Waals surface area contributed by atoms with Crippen molar-refractivity contribution in [3.8, 4) is 0 Å². The van der Waals surface area contributed by atoms with Crippen LogP contribution in [0.15, 0.2) is 4.47 Å². The minimum atomic E-state index is 0.522. The van der Waals surface area contributed by atoms with E-state index in [1.165, 1.54) is 5.69 Å². The maximum Gasteiger partial charge on any atom is 0.0738 e. The Labute approximate surface area is 92.6 Å². The predicted molar refractivity (Wildman–Crippen MR) is 58.5 cm³/mol. The average molecular weight is 259 g/mol. The van der Waals surface area contributed by atoms with Gasteiger partial charge in [-0.3, -0.25) is 4.68 Å². The van der Waals surface area contributed by atoms with E-state index in [1.807, 2.05) is 6.92 Å². The van der Waals surface area contributed by atoms with E-state index in [0.717, 1.165) is 36.2 Å². The van der Waals surface area contributed by atoms with Crippen molar-refractivity contribution in [2.24, 2.45) is 0 Å². The normalized spacial score (nSPS) is 18.8. The van der Waals surface area contributed by atoms with Gasteiger partial charge in [-0.05, 0) is 42.6 Å². The Morgan fingerprint density at radius 1 is 1.36 bits per heavy atom. The first-order valence-electron chi connectivity index (χ1n) is 4.99. The fourth-order valence-corrected chi connectivity index (χ4v) is 2.19. The lowest BCUT2D eigenvalue weighted by atomic mass is 10.1. The molecule has 3 nitrogen and oxygen atoms in total. The lowest BCUT2D eigenvalue weighted by Crippen LogP contribution is -2.21. The molecule has 0 spiro atoms. The van der Waals surface area contributed by atoms with Gasteiger partial charge in [0.2, 0.25) is 0 Å². The molecule has 0 atom stereocenters. The van der Waals surface area contributed by atoms with Crippen LogP contribution in [0.4, 0.5) is 0 Å². The summed E-state index contributed by atoms with van der Waals surface area (Å²) in [6.45, 7) is 5.87. The molecule has 0 bridgehead atoms. The smallest absolute Gasteiger partial charge is 0.0738 e. The van der Waals surface area contributed by atoms with Crippen LogP contribution >= 0.6 is 15.9 Å². The Balaban J connectivity index is 2.26. The minimum Gasteiger partial charge on any atom is -0.381 e. The molecule has 0 aliphatic carbocycles. The van der Waals surface area contributed by atoms with Crippen molar-refractivity contribution >= 4 is 15.9 Å². The van der Waals surface area contributed by atoms with Crippen LogP contribution in [0.25, 0.3) is 0 Å². The van der Waals surface area contributed by atoms with Crippen molar-refractivity contribution in [1.29, 1.82) is 0 Å². The quantitative estimate of drug-likeness (QED) is 0.775. The fourth-order valence-electron chi connectivity index (χ4n) is 1.93. The summed E-state index contributed by atoms with van der Waals surface area (Å²) in [6, 6.07) is 0.522. The molecule has 1 saturated heterocycles. The number of halogens is 1. The van der Waals surface area contributed by atoms with Crippen molar-refractivity contribution in [3.63, 3.8) is 0 Å². The Kier molecular flexibility index (Phi) is 2.93. The Morgan fingerprint density at radius 2 is 2.00 bits per heavy atom. The number of hydrogen-bond donors (Lipinski definition) is 0. The van der Waals surface area contributed by atoms with Gasteiger partial charge in [-0.25, -0.2) is 0 Å². The van der Waals surface area contributed by atoms with E-state index in [9.17, 15) is 0 Å². The molecule has 1 aliphatic rings. The molecule has 1 fully saturated rings. The third-order valence-electron chi connectivity index (χ3n) is 2.77. The second-order valence-electron chi connectivity index (χ2n) is 3.77. The Bertz CT molecular complexity index is 329. The van der Waals surface area contributed by atoms with Crippen LogP contribution in [0.5, 0.6) is 0 Å². The molecule has 2 rings (SSSR count). The highest BCUT2D eigenvalue weighted by Crippen LogP contribution is 2.27. The first kappa shape index (κ1) is 10.2. The maximum absolute atomic E-state index is 5.35. The molecule has 0 aromatic carbocycles. The van der Waals surface area contributed by atoms with Crippen LogP contribution < -0.4 is 0 Å². The molecule has 0 N–H and O–H groups in total. The first-order valence-corrected chi connectivity index (χ1v) is 5.78. The molecule has 1 aromatic rings. The summed E-state index contributed by atoms with van der Waals surface area (Å²) in [4.78, 5) is 0. The second-order valence-corrected chi connectivity index (χ2v) is 4.57. The second kappa shape index (κ2) is 4.03. The van der Waals surface area contributed by atoms with Gasteiger partial charge in [-0.15, -0.1) is 0 Å². The molecule has 0 saturated carbocycles. The number of aryl methyl sites for hydroxylation is 1. The lowest BCUT2D eigenvalue weighted by Gasteiger charge is -2.23. The van der Waals surface area contributed by atoms with Gasteiger partial charge in [-0.1, -0.05) is 0 Å². The van der Waals surface area contributed by atoms with Gasteiger partial charge >= 0.3 is 0 Å². The highest BCUT2D eigenvalue weighted by molar-refractivity contribution is 9.10. The number of aromatic nitrogens is 2. The molecule has 0 radical (unpaired) electrons. The molecule has 2 heterocycles. The monoisotopic (exact) mass is 258 g/mol. The highest BCUT2D eigenvalue weighted by atomic mass is 79.9. The van der Waals surface area contributed by atoms with Crippen molar-refractivity contribution in [1.82, 2.24) is 9.78 Å². The summed E-state index contributed by atoms with van der Waals surface area (Å²) in [5, 5.41) is 4.55. The van der Waals surface area contributed by atoms with Gasteiger partial charge in [0.05, 0.1) is 21.9 Å². The van der Waals surface area contributed by atoms with Gasteiger partial charge in [-0.2, -0.15) is 5.10 Å². The van der Waals surface area contributed by atoms with E-state index in [2.05, 4.69) is 32.6 Å². The number of hydrogen-bond acceptors (Lipinski definition) is 2. The number of nitrogens with zero attached hydrogens (tertiary/aromatic N) is 2. The summed E-state index contributed by atoms with van der Waals surface area (Å²) >= 11 is 3.55. The summed E-state index contributed by atoms with van der Waals surface area (Å²) in [7, 11) is 0. The maximum atomic E-state index is 5.35. The SMILES string of the molecule is Cc1nn(C2CCOCC2)c(C)c1Br. The standard InChI is InChI=1S/C10H15BrN2O/c1-7-10(11)8(2)13(12-7)9-3-5-14-6-4-9/h9H,3-6H2,1-2H3. The third kappa shape index (κ3) is 1.73. The van der Waals surface area contributed by atoms with Crippen LogP contribution in [-0.4, -0.2) is 23.0 Å². The Hall–Kier alpha value is -0.350. The van der Waals surface area contributed by atoms with E-state index in [4.69, 9.17) is 4.74 Å². The predicted octanol–water partition coefficient (Wildman–Crippen LogP) is 2.61. The minimum absolute atomic E-state index is 0.522. The molecule has 0 unspecified atom stereocenters. The molecule has 0 amide bonds. The lowest BCUT2D eigenvalue weighted by molar-refractivity contribution is 0.0656. The molecule has 78 valence electrons. The van der Waals surface area contributed by atoms with E-state index in [-0.39, 0.29) is 0 Å². The van der Waals surface area contributed by atoms with Crippen LogP contribution in [0, 0.1) is 13.8 Å². The van der Waals surface area contributed by atoms with E-state index in [0.29, 0.717) is 6.04 Å². The summed E-state index contributed by atoms with van der Waals surface area (Å²) < 4.78 is 8.63. The summed E-state index contributed by atoms with van der Waals surface area (Å²) in [5.41, 5.74) is 2.31. The van der Waals surface area contributed by atoms with E-state index in [1.54, 1.807) is 0 Å². The van der Waals surface area contributed by atoms with Crippen molar-refractivity contribution < 1.29 is 4.74 Å². The Morgan fingerprint density at radius 3 is 2.50 bits per heavy atom. The van der Waals surface area contributed by atoms with E-state index >= 15 is 0 Å². The summed E-state index contributed by atoms with van der Waals surface area (Å²) in [6.07, 6.45) is 2.16. The van der Waals surface area contributed by atoms with Crippen molar-refractivity contribution in [3.05, 3.63) is 15.9 Å². The van der Waals surface area contributed by atoms with Gasteiger partial charge in [0.1, 0.15) is 0 Å². The zero-order valence-corrected chi connectivity index (χ0v) is 10.2. The third-order valence-corrected chi connectivity index (χ3v) is 3.92. The molecule has 1 aliphatic heterocycles. The van der Waals surface area contributed by atoms with Crippen LogP contribution in [-0.2, 0) is 4.74 Å². The first-order chi connectivity index (χ1) is 6.70. The van der Waals surface area contributed by atoms with Gasteiger partial charge < -0.3 is 4.74 Å².